The summed E-state index contributed by atoms with van der Waals surface area (Å²) in [4.78, 5) is 18.9. The lowest BCUT2D eigenvalue weighted by Crippen LogP contribution is -2.00. The molecule has 0 N–H and O–H groups in total. The number of aromatic nitrogens is 2. The molecule has 0 spiro atoms. The molecule has 7 heteroatoms. The normalized spacial score (nSPS) is 10.9. The highest BCUT2D eigenvalue weighted by Crippen LogP contribution is 2.31. The highest BCUT2D eigenvalue weighted by molar-refractivity contribution is 5.71. The molecule has 0 bridgehead atoms. The first-order valence-electron chi connectivity index (χ1n) is 8.81. The zero-order valence-electron chi connectivity index (χ0n) is 16.1. The number of hydrogen-bond donors (Lipinski definition) is 0. The van der Waals surface area contributed by atoms with Crippen molar-refractivity contribution in [3.05, 3.63) is 78.3 Å². The van der Waals surface area contributed by atoms with Crippen molar-refractivity contribution >= 4 is 12.0 Å². The van der Waals surface area contributed by atoms with Gasteiger partial charge in [0.2, 0.25) is 11.8 Å². The molecule has 0 unspecified atom stereocenters. The molecule has 0 aliphatic heterocycles. The molecule has 148 valence electrons. The van der Waals surface area contributed by atoms with E-state index < -0.39 is 0 Å². The number of rotatable bonds is 9. The van der Waals surface area contributed by atoms with Crippen LogP contribution in [0.15, 0.2) is 67.2 Å². The number of para-hydroxylation sites is 2. The SMILES string of the molecule is CO/C=C(/COC=O)c1ccccc1Oc1cc(Oc2ccccc2C)ncn1. The summed E-state index contributed by atoms with van der Waals surface area (Å²) in [6.07, 6.45) is 2.87. The molecule has 0 amide bonds. The third-order valence-corrected chi connectivity index (χ3v) is 3.94. The highest BCUT2D eigenvalue weighted by Gasteiger charge is 2.12. The van der Waals surface area contributed by atoms with Crippen LogP contribution < -0.4 is 9.47 Å². The van der Waals surface area contributed by atoms with Crippen LogP contribution in [-0.4, -0.2) is 30.2 Å². The van der Waals surface area contributed by atoms with E-state index in [2.05, 4.69) is 9.97 Å². The van der Waals surface area contributed by atoms with Crippen molar-refractivity contribution in [2.75, 3.05) is 13.7 Å². The Morgan fingerprint density at radius 3 is 2.31 bits per heavy atom. The van der Waals surface area contributed by atoms with Gasteiger partial charge in [-0.1, -0.05) is 36.4 Å². The van der Waals surface area contributed by atoms with Gasteiger partial charge in [-0.15, -0.1) is 0 Å². The van der Waals surface area contributed by atoms with Crippen LogP contribution in [0, 0.1) is 6.92 Å². The van der Waals surface area contributed by atoms with Crippen molar-refractivity contribution in [3.63, 3.8) is 0 Å². The zero-order valence-corrected chi connectivity index (χ0v) is 16.1. The fourth-order valence-corrected chi connectivity index (χ4v) is 2.59. The Labute approximate surface area is 168 Å². The average Bonchev–Trinajstić information content (AvgIpc) is 2.74. The van der Waals surface area contributed by atoms with Gasteiger partial charge in [-0.3, -0.25) is 4.79 Å². The van der Waals surface area contributed by atoms with Gasteiger partial charge in [-0.2, -0.15) is 0 Å². The molecule has 3 aromatic rings. The van der Waals surface area contributed by atoms with E-state index in [0.29, 0.717) is 40.9 Å². The van der Waals surface area contributed by atoms with Gasteiger partial charge in [0.05, 0.1) is 19.4 Å². The maximum atomic E-state index is 10.6. The van der Waals surface area contributed by atoms with E-state index in [4.69, 9.17) is 18.9 Å². The molecule has 2 aromatic carbocycles. The molecule has 0 atom stereocenters. The quantitative estimate of drug-likeness (QED) is 0.391. The summed E-state index contributed by atoms with van der Waals surface area (Å²) in [6.45, 7) is 2.38. The highest BCUT2D eigenvalue weighted by atomic mass is 16.5. The van der Waals surface area contributed by atoms with Crippen LogP contribution in [0.4, 0.5) is 0 Å². The van der Waals surface area contributed by atoms with E-state index in [1.54, 1.807) is 12.1 Å². The molecular weight excluding hydrogens is 372 g/mol. The first-order chi connectivity index (χ1) is 14.2. The predicted molar refractivity (Wildman–Crippen MR) is 107 cm³/mol. The topological polar surface area (TPSA) is 79.8 Å². The molecule has 0 fully saturated rings. The molecular formula is C22H20N2O5. The monoisotopic (exact) mass is 392 g/mol. The number of hydrogen-bond acceptors (Lipinski definition) is 7. The van der Waals surface area contributed by atoms with Crippen LogP contribution in [-0.2, 0) is 14.3 Å². The minimum absolute atomic E-state index is 0.0448. The van der Waals surface area contributed by atoms with E-state index in [1.165, 1.54) is 19.7 Å². The van der Waals surface area contributed by atoms with Crippen LogP contribution in [0.3, 0.4) is 0 Å². The summed E-state index contributed by atoms with van der Waals surface area (Å²) in [5.74, 6) is 1.89. The van der Waals surface area contributed by atoms with Gasteiger partial charge in [0, 0.05) is 11.1 Å². The minimum atomic E-state index is 0.0448. The Morgan fingerprint density at radius 1 is 0.966 bits per heavy atom. The Morgan fingerprint density at radius 2 is 1.62 bits per heavy atom. The molecule has 0 saturated carbocycles. The Bertz CT molecular complexity index is 1000. The molecule has 7 nitrogen and oxygen atoms in total. The van der Waals surface area contributed by atoms with Gasteiger partial charge >= 0.3 is 0 Å². The summed E-state index contributed by atoms with van der Waals surface area (Å²) < 4.78 is 21.8. The van der Waals surface area contributed by atoms with Crippen LogP contribution in [0.1, 0.15) is 11.1 Å². The van der Waals surface area contributed by atoms with Crippen LogP contribution >= 0.6 is 0 Å². The van der Waals surface area contributed by atoms with Gasteiger partial charge in [0.15, 0.2) is 0 Å². The van der Waals surface area contributed by atoms with Gasteiger partial charge in [0.1, 0.15) is 24.4 Å². The van der Waals surface area contributed by atoms with Crippen molar-refractivity contribution in [2.24, 2.45) is 0 Å². The first kappa shape index (κ1) is 19.9. The van der Waals surface area contributed by atoms with E-state index in [0.717, 1.165) is 5.56 Å². The van der Waals surface area contributed by atoms with Crippen molar-refractivity contribution < 1.29 is 23.7 Å². The van der Waals surface area contributed by atoms with Crippen LogP contribution in [0.2, 0.25) is 0 Å². The van der Waals surface area contributed by atoms with Crippen molar-refractivity contribution in [1.82, 2.24) is 9.97 Å². The number of aryl methyl sites for hydroxylation is 1. The first-order valence-corrected chi connectivity index (χ1v) is 8.81. The van der Waals surface area contributed by atoms with Gasteiger partial charge in [-0.05, 0) is 24.6 Å². The molecule has 1 heterocycles. The lowest BCUT2D eigenvalue weighted by Gasteiger charge is -2.13. The summed E-state index contributed by atoms with van der Waals surface area (Å²) in [6, 6.07) is 16.5. The van der Waals surface area contributed by atoms with E-state index in [1.807, 2.05) is 49.4 Å². The smallest absolute Gasteiger partial charge is 0.293 e. The number of methoxy groups -OCH3 is 1. The number of nitrogens with zero attached hydrogens (tertiary/aromatic N) is 2. The van der Waals surface area contributed by atoms with Gasteiger partial charge < -0.3 is 18.9 Å². The summed E-state index contributed by atoms with van der Waals surface area (Å²) in [7, 11) is 1.52. The number of ether oxygens (including phenoxy) is 4. The van der Waals surface area contributed by atoms with Crippen LogP contribution in [0.5, 0.6) is 23.3 Å². The van der Waals surface area contributed by atoms with E-state index >= 15 is 0 Å². The molecule has 0 radical (unpaired) electrons. The number of benzene rings is 2. The van der Waals surface area contributed by atoms with Crippen molar-refractivity contribution in [3.8, 4) is 23.3 Å². The summed E-state index contributed by atoms with van der Waals surface area (Å²) in [5, 5.41) is 0. The Balaban J connectivity index is 1.84. The molecule has 3 rings (SSSR count). The van der Waals surface area contributed by atoms with Crippen molar-refractivity contribution in [2.45, 2.75) is 6.92 Å². The molecule has 1 aromatic heterocycles. The maximum Gasteiger partial charge on any atom is 0.293 e. The van der Waals surface area contributed by atoms with Gasteiger partial charge in [-0.25, -0.2) is 9.97 Å². The molecule has 0 saturated heterocycles. The molecule has 0 aliphatic carbocycles. The molecule has 29 heavy (non-hydrogen) atoms. The Hall–Kier alpha value is -3.87. The largest absolute Gasteiger partial charge is 0.504 e. The Kier molecular flexibility index (Phi) is 6.78. The summed E-state index contributed by atoms with van der Waals surface area (Å²) >= 11 is 0. The summed E-state index contributed by atoms with van der Waals surface area (Å²) in [5.41, 5.74) is 2.33. The fourth-order valence-electron chi connectivity index (χ4n) is 2.59. The molecule has 0 aliphatic rings. The standard InChI is InChI=1S/C22H20N2O5/c1-16-7-3-5-9-19(16)28-21-11-22(24-14-23-21)29-20-10-6-4-8-18(20)17(12-26-2)13-27-15-25/h3-12,14-15H,13H2,1-2H3/b17-12-. The second-order valence-electron chi connectivity index (χ2n) is 5.95. The zero-order chi connectivity index (χ0) is 20.5. The second-order valence-corrected chi connectivity index (χ2v) is 5.95. The lowest BCUT2D eigenvalue weighted by atomic mass is 10.1. The van der Waals surface area contributed by atoms with Crippen LogP contribution in [0.25, 0.3) is 5.57 Å². The van der Waals surface area contributed by atoms with E-state index in [9.17, 15) is 4.79 Å². The van der Waals surface area contributed by atoms with Gasteiger partial charge in [0.25, 0.3) is 6.47 Å². The third kappa shape index (κ3) is 5.32. The number of carbonyl (C=O) groups is 1. The van der Waals surface area contributed by atoms with E-state index in [-0.39, 0.29) is 6.61 Å². The third-order valence-electron chi connectivity index (χ3n) is 3.94. The lowest BCUT2D eigenvalue weighted by molar-refractivity contribution is -0.127. The fraction of sp³-hybridized carbons (Fsp3) is 0.136. The maximum absolute atomic E-state index is 10.6. The number of carbonyl (C=O) groups excluding carboxylic acids is 1. The second kappa shape index (κ2) is 9.89. The van der Waals surface area contributed by atoms with Crippen molar-refractivity contribution in [1.29, 1.82) is 0 Å². The predicted octanol–water partition coefficient (Wildman–Crippen LogP) is 4.53. The minimum Gasteiger partial charge on any atom is -0.504 e. The average molecular weight is 392 g/mol.